The molecule has 0 unspecified atom stereocenters. The van der Waals surface area contributed by atoms with Gasteiger partial charge in [0, 0.05) is 23.2 Å². The van der Waals surface area contributed by atoms with E-state index >= 15 is 0 Å². The molecule has 1 amide bonds. The minimum atomic E-state index is -0.0778. The molecule has 0 bridgehead atoms. The van der Waals surface area contributed by atoms with Gasteiger partial charge in [0.25, 0.3) is 0 Å². The Morgan fingerprint density at radius 3 is 2.61 bits per heavy atom. The Morgan fingerprint density at radius 2 is 1.86 bits per heavy atom. The van der Waals surface area contributed by atoms with Crippen LogP contribution in [0.2, 0.25) is 0 Å². The summed E-state index contributed by atoms with van der Waals surface area (Å²) in [5, 5.41) is 3.69. The first-order valence-corrected chi connectivity index (χ1v) is 10.7. The van der Waals surface area contributed by atoms with Crippen molar-refractivity contribution in [3.05, 3.63) is 53.0 Å². The molecule has 0 radical (unpaired) electrons. The number of nitrogens with zero attached hydrogens (tertiary/aromatic N) is 3. The van der Waals surface area contributed by atoms with Crippen molar-refractivity contribution < 1.29 is 9.53 Å². The number of thioether (sulfide) groups is 1. The van der Waals surface area contributed by atoms with Crippen LogP contribution < -0.4 is 10.2 Å². The van der Waals surface area contributed by atoms with E-state index in [1.807, 2.05) is 48.5 Å². The quantitative estimate of drug-likeness (QED) is 0.583. The van der Waals surface area contributed by atoms with E-state index in [9.17, 15) is 4.79 Å². The van der Waals surface area contributed by atoms with Crippen LogP contribution in [0.4, 0.5) is 11.5 Å². The van der Waals surface area contributed by atoms with Gasteiger partial charge in [0.2, 0.25) is 5.91 Å². The summed E-state index contributed by atoms with van der Waals surface area (Å²) in [6, 6.07) is 15.3. The molecule has 3 aromatic rings. The first-order valence-electron chi connectivity index (χ1n) is 8.97. The predicted octanol–water partition coefficient (Wildman–Crippen LogP) is 3.96. The minimum Gasteiger partial charge on any atom is -0.378 e. The highest BCUT2D eigenvalue weighted by molar-refractivity contribution is 9.10. The van der Waals surface area contributed by atoms with Crippen LogP contribution in [0.5, 0.6) is 0 Å². The molecule has 1 saturated heterocycles. The zero-order valence-corrected chi connectivity index (χ0v) is 17.5. The first-order chi connectivity index (χ1) is 13.7. The van der Waals surface area contributed by atoms with Crippen LogP contribution in [0.3, 0.4) is 0 Å². The van der Waals surface area contributed by atoms with Gasteiger partial charge in [-0.1, -0.05) is 45.9 Å². The number of carbonyl (C=O) groups excluding carboxylic acids is 1. The first kappa shape index (κ1) is 19.2. The number of rotatable bonds is 5. The number of hydrogen-bond donors (Lipinski definition) is 1. The van der Waals surface area contributed by atoms with Crippen molar-refractivity contribution in [1.29, 1.82) is 0 Å². The van der Waals surface area contributed by atoms with Crippen LogP contribution in [0.1, 0.15) is 0 Å². The number of aromatic nitrogens is 2. The molecule has 8 heteroatoms. The molecule has 1 aromatic heterocycles. The normalized spacial score (nSPS) is 14.2. The zero-order valence-electron chi connectivity index (χ0n) is 15.1. The molecule has 0 atom stereocenters. The van der Waals surface area contributed by atoms with Crippen molar-refractivity contribution in [3.63, 3.8) is 0 Å². The van der Waals surface area contributed by atoms with E-state index in [1.165, 1.54) is 11.8 Å². The van der Waals surface area contributed by atoms with E-state index in [0.29, 0.717) is 13.2 Å². The summed E-state index contributed by atoms with van der Waals surface area (Å²) in [7, 11) is 0. The maximum atomic E-state index is 12.4. The summed E-state index contributed by atoms with van der Waals surface area (Å²) >= 11 is 4.82. The van der Waals surface area contributed by atoms with E-state index in [0.717, 1.165) is 45.1 Å². The van der Waals surface area contributed by atoms with Gasteiger partial charge in [-0.2, -0.15) is 0 Å². The van der Waals surface area contributed by atoms with Gasteiger partial charge in [0.1, 0.15) is 5.03 Å². The second kappa shape index (κ2) is 8.89. The lowest BCUT2D eigenvalue weighted by atomic mass is 10.3. The number of amides is 1. The van der Waals surface area contributed by atoms with E-state index in [1.54, 1.807) is 0 Å². The lowest BCUT2D eigenvalue weighted by Gasteiger charge is -2.29. The Hall–Kier alpha value is -2.16. The highest BCUT2D eigenvalue weighted by atomic mass is 79.9. The maximum Gasteiger partial charge on any atom is 0.234 e. The molecule has 1 aliphatic heterocycles. The zero-order chi connectivity index (χ0) is 19.3. The van der Waals surface area contributed by atoms with Gasteiger partial charge >= 0.3 is 0 Å². The highest BCUT2D eigenvalue weighted by Crippen LogP contribution is 2.29. The molecule has 2 heterocycles. The van der Waals surface area contributed by atoms with Gasteiger partial charge in [-0.15, -0.1) is 0 Å². The van der Waals surface area contributed by atoms with Crippen molar-refractivity contribution in [3.8, 4) is 0 Å². The third kappa shape index (κ3) is 4.63. The number of halogens is 1. The number of hydrogen-bond acceptors (Lipinski definition) is 6. The number of para-hydroxylation sites is 2. The second-order valence-electron chi connectivity index (χ2n) is 6.29. The highest BCUT2D eigenvalue weighted by Gasteiger charge is 2.19. The number of carbonyl (C=O) groups is 1. The Labute approximate surface area is 175 Å². The Bertz CT molecular complexity index is 995. The Kier molecular flexibility index (Phi) is 6.09. The fourth-order valence-electron chi connectivity index (χ4n) is 2.95. The standard InChI is InChI=1S/C20H19BrN4O2S/c21-14-4-3-5-15(12-14)22-18(26)13-28-20-19(25-8-10-27-11-9-25)23-16-6-1-2-7-17(16)24-20/h1-7,12H,8-11,13H2,(H,22,26). The van der Waals surface area contributed by atoms with Crippen LogP contribution in [0, 0.1) is 0 Å². The van der Waals surface area contributed by atoms with Gasteiger partial charge in [0.15, 0.2) is 5.82 Å². The average molecular weight is 459 g/mol. The van der Waals surface area contributed by atoms with Crippen molar-refractivity contribution in [1.82, 2.24) is 9.97 Å². The van der Waals surface area contributed by atoms with Gasteiger partial charge in [-0.05, 0) is 30.3 Å². The topological polar surface area (TPSA) is 67.4 Å². The molecule has 6 nitrogen and oxygen atoms in total. The number of nitrogens with one attached hydrogen (secondary N) is 1. The molecule has 4 rings (SSSR count). The SMILES string of the molecule is O=C(CSc1nc2ccccc2nc1N1CCOCC1)Nc1cccc(Br)c1. The largest absolute Gasteiger partial charge is 0.378 e. The molecular formula is C20H19BrN4O2S. The maximum absolute atomic E-state index is 12.4. The van der Waals surface area contributed by atoms with Crippen molar-refractivity contribution in [2.75, 3.05) is 42.3 Å². The Morgan fingerprint density at radius 1 is 1.11 bits per heavy atom. The molecule has 2 aromatic carbocycles. The fourth-order valence-corrected chi connectivity index (χ4v) is 4.16. The Balaban J connectivity index is 1.53. The predicted molar refractivity (Wildman–Crippen MR) is 116 cm³/mol. The molecular weight excluding hydrogens is 440 g/mol. The number of anilines is 2. The number of benzene rings is 2. The van der Waals surface area contributed by atoms with Crippen LogP contribution in [0.25, 0.3) is 11.0 Å². The average Bonchev–Trinajstić information content (AvgIpc) is 2.72. The lowest BCUT2D eigenvalue weighted by Crippen LogP contribution is -2.37. The van der Waals surface area contributed by atoms with Gasteiger partial charge < -0.3 is 15.0 Å². The van der Waals surface area contributed by atoms with E-state index in [-0.39, 0.29) is 11.7 Å². The summed E-state index contributed by atoms with van der Waals surface area (Å²) in [6.45, 7) is 2.87. The van der Waals surface area contributed by atoms with Crippen molar-refractivity contribution >= 4 is 56.1 Å². The van der Waals surface area contributed by atoms with Crippen LogP contribution in [-0.4, -0.2) is 47.9 Å². The van der Waals surface area contributed by atoms with Gasteiger partial charge in [-0.25, -0.2) is 9.97 Å². The van der Waals surface area contributed by atoms with Gasteiger partial charge in [-0.3, -0.25) is 4.79 Å². The van der Waals surface area contributed by atoms with E-state index in [2.05, 4.69) is 26.1 Å². The molecule has 0 aliphatic carbocycles. The fraction of sp³-hybridized carbons (Fsp3) is 0.250. The van der Waals surface area contributed by atoms with E-state index < -0.39 is 0 Å². The molecule has 28 heavy (non-hydrogen) atoms. The van der Waals surface area contributed by atoms with Crippen molar-refractivity contribution in [2.24, 2.45) is 0 Å². The molecule has 0 saturated carbocycles. The molecule has 1 aliphatic rings. The van der Waals surface area contributed by atoms with Crippen LogP contribution in [0.15, 0.2) is 58.0 Å². The summed E-state index contributed by atoms with van der Waals surface area (Å²) < 4.78 is 6.38. The number of morpholine rings is 1. The minimum absolute atomic E-state index is 0.0778. The molecule has 0 spiro atoms. The van der Waals surface area contributed by atoms with Crippen molar-refractivity contribution in [2.45, 2.75) is 5.03 Å². The summed E-state index contributed by atoms with van der Waals surface area (Å²) in [4.78, 5) is 24.2. The van der Waals surface area contributed by atoms with Crippen LogP contribution in [-0.2, 0) is 9.53 Å². The monoisotopic (exact) mass is 458 g/mol. The van der Waals surface area contributed by atoms with Crippen LogP contribution >= 0.6 is 27.7 Å². The second-order valence-corrected chi connectivity index (χ2v) is 8.17. The summed E-state index contributed by atoms with van der Waals surface area (Å²) in [5.74, 6) is 1.00. The third-order valence-electron chi connectivity index (χ3n) is 4.28. The molecule has 1 fully saturated rings. The van der Waals surface area contributed by atoms with E-state index in [4.69, 9.17) is 14.7 Å². The molecule has 1 N–H and O–H groups in total. The third-order valence-corrected chi connectivity index (χ3v) is 5.73. The number of fused-ring (bicyclic) bond motifs is 1. The molecule has 144 valence electrons. The van der Waals surface area contributed by atoms with Gasteiger partial charge in [0.05, 0.1) is 30.0 Å². The summed E-state index contributed by atoms with van der Waals surface area (Å²) in [6.07, 6.45) is 0. The number of ether oxygens (including phenoxy) is 1. The smallest absolute Gasteiger partial charge is 0.234 e. The lowest BCUT2D eigenvalue weighted by molar-refractivity contribution is -0.113. The summed E-state index contributed by atoms with van der Waals surface area (Å²) in [5.41, 5.74) is 2.44.